The lowest BCUT2D eigenvalue weighted by atomic mass is 9.83. The third kappa shape index (κ3) is 6.07. The number of fused-ring (bicyclic) bond motifs is 5. The van der Waals surface area contributed by atoms with Crippen molar-refractivity contribution < 1.29 is 27.6 Å². The molecule has 17 heteroatoms. The van der Waals surface area contributed by atoms with E-state index >= 15 is 13.6 Å². The number of H-pyrrole nitrogens is 1. The summed E-state index contributed by atoms with van der Waals surface area (Å²) in [6, 6.07) is 14.6. The molecule has 4 aliphatic rings. The van der Waals surface area contributed by atoms with Gasteiger partial charge in [0, 0.05) is 47.9 Å². The Kier molecular flexibility index (Phi) is 8.77. The highest BCUT2D eigenvalue weighted by Crippen LogP contribution is 2.53. The number of nitrogens with two attached hydrogens (primary N) is 1. The molecular weight excluding hydrogens is 825 g/mol. The van der Waals surface area contributed by atoms with Gasteiger partial charge < -0.3 is 19.9 Å². The first kappa shape index (κ1) is 39.9. The SMILES string of the molecule is Cc1cc(-n2nc3c(c2-n2ccn(-c4ccc(C(N)=O)c(F)c4)c2=O)[C@@H]2CC[C@H](C3)N2C(=O)c2cc3cc([C@H]4CCOC(C)(C)C4)ccc3n2C2(c3noc(=O)[nH]3)CC2)cc(C)c1F. The van der Waals surface area contributed by atoms with Crippen molar-refractivity contribution >= 4 is 22.7 Å². The van der Waals surface area contributed by atoms with Crippen LogP contribution < -0.4 is 17.2 Å². The first-order valence-corrected chi connectivity index (χ1v) is 21.6. The number of carbonyl (C=O) groups excluding carboxylic acids is 2. The molecule has 0 radical (unpaired) electrons. The van der Waals surface area contributed by atoms with Gasteiger partial charge in [-0.2, -0.15) is 5.10 Å². The summed E-state index contributed by atoms with van der Waals surface area (Å²) < 4.78 is 47.5. The van der Waals surface area contributed by atoms with Crippen LogP contribution in [0.5, 0.6) is 0 Å². The summed E-state index contributed by atoms with van der Waals surface area (Å²) in [5, 5.41) is 10.1. The fourth-order valence-electron chi connectivity index (χ4n) is 10.8. The van der Waals surface area contributed by atoms with Crippen LogP contribution in [0.3, 0.4) is 0 Å². The summed E-state index contributed by atoms with van der Waals surface area (Å²) in [7, 11) is 0. The molecule has 0 unspecified atom stereocenters. The molecule has 328 valence electrons. The van der Waals surface area contributed by atoms with Crippen LogP contribution in [0.4, 0.5) is 8.78 Å². The van der Waals surface area contributed by atoms with Gasteiger partial charge in [-0.15, -0.1) is 0 Å². The Labute approximate surface area is 364 Å². The Hall–Kier alpha value is -6.88. The van der Waals surface area contributed by atoms with E-state index < -0.39 is 34.8 Å². The number of imidazole rings is 1. The molecule has 2 saturated heterocycles. The monoisotopic (exact) mass is 869 g/mol. The number of nitrogens with zero attached hydrogens (tertiary/aromatic N) is 7. The summed E-state index contributed by atoms with van der Waals surface area (Å²) >= 11 is 0. The van der Waals surface area contributed by atoms with Gasteiger partial charge in [-0.05, 0) is 137 Å². The third-order valence-corrected chi connectivity index (χ3v) is 13.9. The van der Waals surface area contributed by atoms with E-state index in [1.807, 2.05) is 15.5 Å². The average Bonchev–Trinajstić information content (AvgIpc) is 3.66. The number of halogens is 2. The number of nitrogens with one attached hydrogen (secondary N) is 1. The summed E-state index contributed by atoms with van der Waals surface area (Å²) in [6.07, 6.45) is 7.65. The highest BCUT2D eigenvalue weighted by Gasteiger charge is 2.54. The largest absolute Gasteiger partial charge is 0.438 e. The Morgan fingerprint density at radius 1 is 0.922 bits per heavy atom. The van der Waals surface area contributed by atoms with E-state index in [4.69, 9.17) is 20.1 Å². The molecule has 3 aromatic carbocycles. The van der Waals surface area contributed by atoms with E-state index in [0.29, 0.717) is 84.1 Å². The van der Waals surface area contributed by atoms with Gasteiger partial charge in [0.2, 0.25) is 0 Å². The number of carbonyl (C=O) groups is 2. The lowest BCUT2D eigenvalue weighted by Gasteiger charge is -2.35. The molecule has 3 N–H and O–H groups in total. The van der Waals surface area contributed by atoms with Crippen LogP contribution >= 0.6 is 0 Å². The minimum absolute atomic E-state index is 0.163. The van der Waals surface area contributed by atoms with Gasteiger partial charge >= 0.3 is 11.4 Å². The number of hydrogen-bond donors (Lipinski definition) is 2. The van der Waals surface area contributed by atoms with Gasteiger partial charge in [0.25, 0.3) is 11.8 Å². The normalized spacial score (nSPS) is 20.8. The number of rotatable bonds is 8. The van der Waals surface area contributed by atoms with Crippen molar-refractivity contribution in [2.45, 2.75) is 102 Å². The molecule has 2 bridgehead atoms. The molecule has 3 aliphatic heterocycles. The standard InChI is InChI=1S/C47H45F2N9O6/c1-24-17-31(18-25(2)39(24)49)58-41(55-15-14-54(45(55)62)29-6-8-32(40(50)59)33(48)21-29)38-34(52-58)22-30-7-10-36(38)56(30)42(60)37-20-28-19-26(27-11-16-63-46(3,4)23-27)5-9-35(28)57(37)47(12-13-47)43-51-44(61)64-53-43/h5-6,8-9,14-15,17-21,27,30,36H,7,10-13,16,22-23H2,1-4H3,(H2,50,59)(H,51,53,61)/t27-,30+,36-/m0/s1. The van der Waals surface area contributed by atoms with Gasteiger partial charge in [0.15, 0.2) is 5.82 Å². The maximum Gasteiger partial charge on any atom is 0.438 e. The molecular formula is C47H45F2N9O6. The van der Waals surface area contributed by atoms with Gasteiger partial charge in [0.05, 0.1) is 34.3 Å². The van der Waals surface area contributed by atoms with Gasteiger partial charge in [-0.3, -0.25) is 28.2 Å². The Morgan fingerprint density at radius 2 is 1.69 bits per heavy atom. The Bertz CT molecular complexity index is 3210. The lowest BCUT2D eigenvalue weighted by Crippen LogP contribution is -2.43. The second-order valence-corrected chi connectivity index (χ2v) is 18.5. The average molecular weight is 870 g/mol. The minimum Gasteiger partial charge on any atom is -0.376 e. The van der Waals surface area contributed by atoms with Crippen molar-refractivity contribution in [2.24, 2.45) is 5.73 Å². The number of amides is 2. The first-order valence-electron chi connectivity index (χ1n) is 21.6. The van der Waals surface area contributed by atoms with Crippen LogP contribution in [0.2, 0.25) is 0 Å². The van der Waals surface area contributed by atoms with Crippen LogP contribution in [0.15, 0.2) is 81.1 Å². The van der Waals surface area contributed by atoms with E-state index in [1.165, 1.54) is 27.5 Å². The highest BCUT2D eigenvalue weighted by atomic mass is 19.1. The second kappa shape index (κ2) is 14.1. The zero-order valence-corrected chi connectivity index (χ0v) is 35.7. The minimum atomic E-state index is -0.937. The number of primary amides is 1. The topological polar surface area (TPSA) is 181 Å². The number of aromatic amines is 1. The summed E-state index contributed by atoms with van der Waals surface area (Å²) in [5.41, 5.74) is 8.65. The molecule has 1 aliphatic carbocycles. The summed E-state index contributed by atoms with van der Waals surface area (Å²) in [6.45, 7) is 8.19. The number of benzene rings is 3. The van der Waals surface area contributed by atoms with Crippen molar-refractivity contribution in [3.63, 3.8) is 0 Å². The number of ether oxygens (including phenoxy) is 1. The van der Waals surface area contributed by atoms with Crippen LogP contribution in [-0.4, -0.2) is 68.6 Å². The number of hydrogen-bond acceptors (Lipinski definition) is 8. The van der Waals surface area contributed by atoms with E-state index in [-0.39, 0.29) is 40.5 Å². The highest BCUT2D eigenvalue weighted by molar-refractivity contribution is 6.00. The molecule has 64 heavy (non-hydrogen) atoms. The fraction of sp³-hybridized carbons (Fsp3) is 0.362. The quantitative estimate of drug-likeness (QED) is 0.173. The molecule has 0 spiro atoms. The van der Waals surface area contributed by atoms with Crippen LogP contribution in [0.1, 0.15) is 119 Å². The molecule has 7 aromatic rings. The predicted octanol–water partition coefficient (Wildman–Crippen LogP) is 6.55. The van der Waals surface area contributed by atoms with Crippen molar-refractivity contribution in [1.82, 2.24) is 38.5 Å². The molecule has 11 rings (SSSR count). The van der Waals surface area contributed by atoms with Crippen LogP contribution in [-0.2, 0) is 16.7 Å². The molecule has 1 saturated carbocycles. The van der Waals surface area contributed by atoms with Gasteiger partial charge in [-0.1, -0.05) is 11.2 Å². The number of aromatic nitrogens is 7. The Morgan fingerprint density at radius 3 is 2.38 bits per heavy atom. The zero-order chi connectivity index (χ0) is 44.6. The smallest absolute Gasteiger partial charge is 0.376 e. The maximum atomic E-state index is 15.6. The predicted molar refractivity (Wildman–Crippen MR) is 229 cm³/mol. The fourth-order valence-corrected chi connectivity index (χ4v) is 10.8. The van der Waals surface area contributed by atoms with Crippen LogP contribution in [0.25, 0.3) is 28.1 Å². The second-order valence-electron chi connectivity index (χ2n) is 18.5. The molecule has 3 fully saturated rings. The first-order chi connectivity index (χ1) is 30.6. The molecule has 2 amide bonds. The molecule has 3 atom stereocenters. The van der Waals surface area contributed by atoms with E-state index in [9.17, 15) is 14.4 Å². The zero-order valence-electron chi connectivity index (χ0n) is 35.7. The van der Waals surface area contributed by atoms with Crippen molar-refractivity contribution in [1.29, 1.82) is 0 Å². The molecule has 4 aromatic heterocycles. The van der Waals surface area contributed by atoms with Gasteiger partial charge in [0.1, 0.15) is 28.7 Å². The summed E-state index contributed by atoms with van der Waals surface area (Å²) in [5.74, 6) is -2.08. The number of aryl methyl sites for hydroxylation is 2. The maximum absolute atomic E-state index is 15.6. The van der Waals surface area contributed by atoms with Crippen molar-refractivity contribution in [3.8, 4) is 17.2 Å². The van der Waals surface area contributed by atoms with Gasteiger partial charge in [-0.25, -0.2) is 23.1 Å². The van der Waals surface area contributed by atoms with Crippen LogP contribution in [0, 0.1) is 25.5 Å². The lowest BCUT2D eigenvalue weighted by molar-refractivity contribution is -0.0592. The van der Waals surface area contributed by atoms with E-state index in [2.05, 4.69) is 42.2 Å². The van der Waals surface area contributed by atoms with E-state index in [0.717, 1.165) is 35.4 Å². The molecule has 15 nitrogen and oxygen atoms in total. The van der Waals surface area contributed by atoms with E-state index in [1.54, 1.807) is 36.9 Å². The third-order valence-electron chi connectivity index (χ3n) is 13.9. The summed E-state index contributed by atoms with van der Waals surface area (Å²) in [4.78, 5) is 59.0. The van der Waals surface area contributed by atoms with Crippen molar-refractivity contribution in [3.05, 3.63) is 145 Å². The van der Waals surface area contributed by atoms with Crippen molar-refractivity contribution in [2.75, 3.05) is 6.61 Å². The molecule has 7 heterocycles. The Balaban J connectivity index is 1.06.